The van der Waals surface area contributed by atoms with Crippen LogP contribution in [0.25, 0.3) is 0 Å². The van der Waals surface area contributed by atoms with Crippen molar-refractivity contribution in [1.82, 2.24) is 5.32 Å². The Balaban J connectivity index is 2.48. The second-order valence-electron chi connectivity index (χ2n) is 6.36. The van der Waals surface area contributed by atoms with Crippen LogP contribution in [-0.4, -0.2) is 34.8 Å². The summed E-state index contributed by atoms with van der Waals surface area (Å²) >= 11 is 0. The summed E-state index contributed by atoms with van der Waals surface area (Å²) in [5, 5.41) is 25.0. The minimum absolute atomic E-state index is 0.0344. The van der Waals surface area contributed by atoms with Crippen molar-refractivity contribution in [3.8, 4) is 0 Å². The molecule has 2 rings (SSSR count). The third-order valence-electron chi connectivity index (χ3n) is 4.46. The number of para-hydroxylation sites is 1. The molecule has 0 bridgehead atoms. The number of anilines is 1. The summed E-state index contributed by atoms with van der Waals surface area (Å²) in [6.07, 6.45) is 0.661. The minimum Gasteiger partial charge on any atom is -0.356 e. The van der Waals surface area contributed by atoms with E-state index in [1.165, 1.54) is 11.0 Å². The van der Waals surface area contributed by atoms with Gasteiger partial charge in [0.2, 0.25) is 5.91 Å². The first kappa shape index (κ1) is 22.5. The van der Waals surface area contributed by atoms with Gasteiger partial charge in [-0.3, -0.25) is 29.8 Å². The molecule has 30 heavy (non-hydrogen) atoms. The van der Waals surface area contributed by atoms with E-state index < -0.39 is 27.1 Å². The van der Waals surface area contributed by atoms with Crippen LogP contribution in [0.2, 0.25) is 0 Å². The van der Waals surface area contributed by atoms with Crippen LogP contribution in [0.1, 0.15) is 36.2 Å². The van der Waals surface area contributed by atoms with Crippen molar-refractivity contribution < 1.29 is 19.4 Å². The fourth-order valence-corrected chi connectivity index (χ4v) is 3.02. The quantitative estimate of drug-likeness (QED) is 0.494. The predicted molar refractivity (Wildman–Crippen MR) is 111 cm³/mol. The van der Waals surface area contributed by atoms with Crippen LogP contribution < -0.4 is 10.2 Å². The highest BCUT2D eigenvalue weighted by Gasteiger charge is 2.28. The zero-order valence-electron chi connectivity index (χ0n) is 16.7. The topological polar surface area (TPSA) is 136 Å². The summed E-state index contributed by atoms with van der Waals surface area (Å²) in [7, 11) is 0. The molecule has 0 saturated heterocycles. The highest BCUT2D eigenvalue weighted by Crippen LogP contribution is 2.29. The molecular formula is C20H22N4O6. The van der Waals surface area contributed by atoms with Gasteiger partial charge in [-0.05, 0) is 31.0 Å². The van der Waals surface area contributed by atoms with Crippen LogP contribution in [0.15, 0.2) is 42.5 Å². The first-order valence-electron chi connectivity index (χ1n) is 9.39. The van der Waals surface area contributed by atoms with E-state index in [1.54, 1.807) is 19.1 Å². The van der Waals surface area contributed by atoms with Crippen molar-refractivity contribution in [3.63, 3.8) is 0 Å². The van der Waals surface area contributed by atoms with Crippen molar-refractivity contribution in [2.24, 2.45) is 0 Å². The van der Waals surface area contributed by atoms with Crippen LogP contribution in [-0.2, 0) is 11.2 Å². The van der Waals surface area contributed by atoms with Gasteiger partial charge in [-0.2, -0.15) is 0 Å². The monoisotopic (exact) mass is 414 g/mol. The van der Waals surface area contributed by atoms with Crippen LogP contribution in [0.5, 0.6) is 0 Å². The number of rotatable bonds is 9. The van der Waals surface area contributed by atoms with Crippen molar-refractivity contribution in [1.29, 1.82) is 0 Å². The Morgan fingerprint density at radius 2 is 1.67 bits per heavy atom. The highest BCUT2D eigenvalue weighted by molar-refractivity contribution is 6.07. The SMILES string of the molecule is CCNC(=O)CCN(C(=O)c1ccc([N+](=O)[O-])c([N+](=O)[O-])c1)c1ccccc1CC. The second-order valence-corrected chi connectivity index (χ2v) is 6.36. The molecule has 1 N–H and O–H groups in total. The molecule has 0 aromatic heterocycles. The molecule has 0 fully saturated rings. The summed E-state index contributed by atoms with van der Waals surface area (Å²) in [5.74, 6) is -0.822. The van der Waals surface area contributed by atoms with Gasteiger partial charge >= 0.3 is 11.4 Å². The molecular weight excluding hydrogens is 392 g/mol. The Bertz CT molecular complexity index is 976. The Morgan fingerprint density at radius 3 is 2.27 bits per heavy atom. The Morgan fingerprint density at radius 1 is 1.00 bits per heavy atom. The molecule has 0 radical (unpaired) electrons. The number of nitro benzene ring substituents is 2. The van der Waals surface area contributed by atoms with Crippen molar-refractivity contribution >= 4 is 28.9 Å². The fourth-order valence-electron chi connectivity index (χ4n) is 3.02. The number of nitrogens with one attached hydrogen (secondary N) is 1. The number of carbonyl (C=O) groups excluding carboxylic acids is 2. The Labute approximate surface area is 172 Å². The molecule has 0 aliphatic carbocycles. The van der Waals surface area contributed by atoms with E-state index >= 15 is 0 Å². The van der Waals surface area contributed by atoms with Gasteiger partial charge in [-0.1, -0.05) is 25.1 Å². The molecule has 0 saturated carbocycles. The third-order valence-corrected chi connectivity index (χ3v) is 4.46. The number of nitrogens with zero attached hydrogens (tertiary/aromatic N) is 3. The van der Waals surface area contributed by atoms with E-state index in [0.29, 0.717) is 18.7 Å². The number of hydrogen-bond donors (Lipinski definition) is 1. The molecule has 0 aliphatic rings. The van der Waals surface area contributed by atoms with Gasteiger partial charge in [0.05, 0.1) is 9.85 Å². The standard InChI is InChI=1S/C20H22N4O6/c1-3-14-7-5-6-8-16(14)22(12-11-19(25)21-4-2)20(26)15-9-10-17(23(27)28)18(13-15)24(29)30/h5-10,13H,3-4,11-12H2,1-2H3,(H,21,25). The lowest BCUT2D eigenvalue weighted by Crippen LogP contribution is -2.36. The molecule has 158 valence electrons. The van der Waals surface area contributed by atoms with E-state index in [2.05, 4.69) is 5.32 Å². The van der Waals surface area contributed by atoms with Crippen molar-refractivity contribution in [2.45, 2.75) is 26.7 Å². The zero-order chi connectivity index (χ0) is 22.3. The normalized spacial score (nSPS) is 10.3. The van der Waals surface area contributed by atoms with Crippen LogP contribution in [0.3, 0.4) is 0 Å². The molecule has 0 spiro atoms. The van der Waals surface area contributed by atoms with Crippen LogP contribution >= 0.6 is 0 Å². The van der Waals surface area contributed by atoms with Gasteiger partial charge in [-0.15, -0.1) is 0 Å². The smallest absolute Gasteiger partial charge is 0.346 e. The van der Waals surface area contributed by atoms with E-state index in [4.69, 9.17) is 0 Å². The summed E-state index contributed by atoms with van der Waals surface area (Å²) in [6.45, 7) is 4.20. The van der Waals surface area contributed by atoms with Gasteiger partial charge in [0, 0.05) is 42.9 Å². The minimum atomic E-state index is -0.895. The van der Waals surface area contributed by atoms with Crippen molar-refractivity contribution in [3.05, 3.63) is 73.8 Å². The van der Waals surface area contributed by atoms with Gasteiger partial charge < -0.3 is 10.2 Å². The number of hydrogen-bond acceptors (Lipinski definition) is 6. The zero-order valence-corrected chi connectivity index (χ0v) is 16.7. The van der Waals surface area contributed by atoms with Crippen LogP contribution in [0, 0.1) is 20.2 Å². The molecule has 2 amide bonds. The largest absolute Gasteiger partial charge is 0.356 e. The lowest BCUT2D eigenvalue weighted by atomic mass is 10.1. The number of amides is 2. The third kappa shape index (κ3) is 5.16. The lowest BCUT2D eigenvalue weighted by Gasteiger charge is -2.25. The first-order valence-corrected chi connectivity index (χ1v) is 9.39. The number of aryl methyl sites for hydroxylation is 1. The molecule has 10 heteroatoms. The average molecular weight is 414 g/mol. The molecule has 0 atom stereocenters. The van der Waals surface area contributed by atoms with E-state index in [0.717, 1.165) is 17.7 Å². The van der Waals surface area contributed by atoms with E-state index in [1.807, 2.05) is 19.1 Å². The predicted octanol–water partition coefficient (Wildman–Crippen LogP) is 3.24. The fraction of sp³-hybridized carbons (Fsp3) is 0.300. The van der Waals surface area contributed by atoms with E-state index in [9.17, 15) is 29.8 Å². The maximum Gasteiger partial charge on any atom is 0.346 e. The summed E-state index contributed by atoms with van der Waals surface area (Å²) < 4.78 is 0. The van der Waals surface area contributed by atoms with Gasteiger partial charge in [0.15, 0.2) is 0 Å². The maximum absolute atomic E-state index is 13.2. The molecule has 2 aromatic rings. The molecule has 2 aromatic carbocycles. The Hall–Kier alpha value is -3.82. The first-order chi connectivity index (χ1) is 14.3. The number of benzene rings is 2. The summed E-state index contributed by atoms with van der Waals surface area (Å²) in [5.41, 5.74) is -0.0970. The maximum atomic E-state index is 13.2. The van der Waals surface area contributed by atoms with Gasteiger partial charge in [0.1, 0.15) is 0 Å². The van der Waals surface area contributed by atoms with Crippen LogP contribution in [0.4, 0.5) is 17.1 Å². The number of carbonyl (C=O) groups is 2. The van der Waals surface area contributed by atoms with Gasteiger partial charge in [0.25, 0.3) is 5.91 Å². The lowest BCUT2D eigenvalue weighted by molar-refractivity contribution is -0.422. The second kappa shape index (κ2) is 10.1. The Kier molecular flexibility index (Phi) is 7.56. The van der Waals surface area contributed by atoms with Gasteiger partial charge in [-0.25, -0.2) is 0 Å². The summed E-state index contributed by atoms with van der Waals surface area (Å²) in [6, 6.07) is 10.2. The molecule has 0 heterocycles. The van der Waals surface area contributed by atoms with Crippen molar-refractivity contribution in [2.75, 3.05) is 18.0 Å². The molecule has 0 unspecified atom stereocenters. The number of nitro groups is 2. The summed E-state index contributed by atoms with van der Waals surface area (Å²) in [4.78, 5) is 47.1. The van der Waals surface area contributed by atoms with E-state index in [-0.39, 0.29) is 24.4 Å². The molecule has 10 nitrogen and oxygen atoms in total. The molecule has 0 aliphatic heterocycles. The average Bonchev–Trinajstić information content (AvgIpc) is 2.73. The highest BCUT2D eigenvalue weighted by atomic mass is 16.6.